The summed E-state index contributed by atoms with van der Waals surface area (Å²) in [5, 5.41) is 0. The van der Waals surface area contributed by atoms with E-state index >= 15 is 0 Å². The predicted molar refractivity (Wildman–Crippen MR) is 190 cm³/mol. The second-order valence-electron chi connectivity index (χ2n) is 13.7. The molecule has 0 spiro atoms. The topological polar surface area (TPSA) is 19.7 Å². The zero-order valence-corrected chi connectivity index (χ0v) is 29.1. The molecule has 0 saturated carbocycles. The molecule has 1 atom stereocenters. The van der Waals surface area contributed by atoms with Gasteiger partial charge in [-0.05, 0) is 25.0 Å². The zero-order chi connectivity index (χ0) is 30.5. The third-order valence-corrected chi connectivity index (χ3v) is 9.70. The summed E-state index contributed by atoms with van der Waals surface area (Å²) < 4.78 is 2.41. The molecule has 2 nitrogen and oxygen atoms in total. The maximum Gasteiger partial charge on any atom is 0.262 e. The molecular weight excluding hydrogens is 520 g/mol. The monoisotopic (exact) mass is 594 g/mol. The van der Waals surface area contributed by atoms with Crippen LogP contribution in [0, 0.1) is 0 Å². The molecule has 1 aromatic heterocycles. The highest BCUT2D eigenvalue weighted by Crippen LogP contribution is 2.27. The van der Waals surface area contributed by atoms with Crippen molar-refractivity contribution in [3.8, 4) is 5.69 Å². The predicted octanol–water partition coefficient (Wildman–Crippen LogP) is 13.7. The maximum atomic E-state index is 3.66. The van der Waals surface area contributed by atoms with Gasteiger partial charge in [-0.15, -0.1) is 0 Å². The Bertz CT molecular complexity index is 825. The van der Waals surface area contributed by atoms with Crippen molar-refractivity contribution in [3.05, 3.63) is 48.5 Å². The number of unbranched alkanes of at least 4 members (excludes halogenated alkanes) is 25. The lowest BCUT2D eigenvalue weighted by Crippen LogP contribution is -2.34. The number of rotatable bonds is 31. The van der Waals surface area contributed by atoms with Gasteiger partial charge in [-0.25, -0.2) is 4.98 Å². The van der Waals surface area contributed by atoms with E-state index in [0.29, 0.717) is 5.92 Å². The van der Waals surface area contributed by atoms with Crippen molar-refractivity contribution in [2.24, 2.45) is 0 Å². The van der Waals surface area contributed by atoms with E-state index in [4.69, 9.17) is 0 Å². The Morgan fingerprint density at radius 2 is 0.814 bits per heavy atom. The van der Waals surface area contributed by atoms with Gasteiger partial charge < -0.3 is 0 Å². The van der Waals surface area contributed by atoms with Crippen LogP contribution >= 0.6 is 0 Å². The van der Waals surface area contributed by atoms with Crippen molar-refractivity contribution in [2.45, 2.75) is 206 Å². The molecule has 0 unspecified atom stereocenters. The molecule has 1 aromatic carbocycles. The van der Waals surface area contributed by atoms with Crippen molar-refractivity contribution in [3.63, 3.8) is 0 Å². The van der Waals surface area contributed by atoms with Gasteiger partial charge in [0, 0.05) is 0 Å². The number of hydrogen-bond acceptors (Lipinski definition) is 0. The number of nitrogens with one attached hydrogen (secondary N) is 1. The molecule has 0 aliphatic rings. The van der Waals surface area contributed by atoms with Gasteiger partial charge in [-0.2, -0.15) is 4.57 Å². The minimum absolute atomic E-state index is 0.639. The molecule has 0 bridgehead atoms. The lowest BCUT2D eigenvalue weighted by molar-refractivity contribution is -0.604. The Hall–Kier alpha value is -1.57. The Balaban J connectivity index is 1.61. The van der Waals surface area contributed by atoms with Crippen LogP contribution in [0.25, 0.3) is 5.69 Å². The molecule has 0 fully saturated rings. The summed E-state index contributed by atoms with van der Waals surface area (Å²) in [6.45, 7) is 4.62. The molecule has 0 amide bonds. The molecule has 2 aromatic rings. The summed E-state index contributed by atoms with van der Waals surface area (Å²) >= 11 is 0. The molecule has 0 radical (unpaired) electrons. The average Bonchev–Trinajstić information content (AvgIpc) is 3.53. The lowest BCUT2D eigenvalue weighted by Gasteiger charge is -2.14. The summed E-state index contributed by atoms with van der Waals surface area (Å²) in [7, 11) is 0. The van der Waals surface area contributed by atoms with E-state index in [1.54, 1.807) is 0 Å². The van der Waals surface area contributed by atoms with E-state index in [2.05, 4.69) is 66.1 Å². The van der Waals surface area contributed by atoms with Crippen LogP contribution in [0.5, 0.6) is 0 Å². The number of hydrogen-bond donors (Lipinski definition) is 1. The van der Waals surface area contributed by atoms with Crippen molar-refractivity contribution < 1.29 is 4.57 Å². The van der Waals surface area contributed by atoms with E-state index in [9.17, 15) is 0 Å². The summed E-state index contributed by atoms with van der Waals surface area (Å²) in [4.78, 5) is 3.66. The molecule has 1 N–H and O–H groups in total. The van der Waals surface area contributed by atoms with Gasteiger partial charge in [-0.3, -0.25) is 0 Å². The highest BCUT2D eigenvalue weighted by molar-refractivity contribution is 5.22. The molecule has 2 rings (SSSR count). The van der Waals surface area contributed by atoms with Gasteiger partial charge in [0.1, 0.15) is 18.1 Å². The molecule has 1 heterocycles. The largest absolute Gasteiger partial charge is 0.262 e. The standard InChI is InChI=1S/C41H72N2/c1-3-5-7-9-11-13-15-17-18-19-21-23-25-27-30-34-39(41-42-37-38-43(41)40-35-31-28-32-36-40)33-29-26-24-22-20-16-14-12-10-8-6-4-2/h28,31-32,35-39H,3-27,29-30,33-34H2,1-2H3/p+1/t39-/m0/s1. The van der Waals surface area contributed by atoms with Crippen molar-refractivity contribution in [2.75, 3.05) is 0 Å². The first-order valence-corrected chi connectivity index (χ1v) is 19.5. The van der Waals surface area contributed by atoms with Crippen LogP contribution in [-0.2, 0) is 0 Å². The van der Waals surface area contributed by atoms with E-state index < -0.39 is 0 Å². The van der Waals surface area contributed by atoms with Crippen LogP contribution in [0.15, 0.2) is 42.7 Å². The Morgan fingerprint density at radius 3 is 1.19 bits per heavy atom. The SMILES string of the molecule is CCCCCCCCCCCCCCCCC[C@H](CCCCCCCCCCCCCC)c1[nH]cc[n+]1-c1ccccc1. The highest BCUT2D eigenvalue weighted by atomic mass is 15.1. The van der Waals surface area contributed by atoms with Gasteiger partial charge >= 0.3 is 0 Å². The van der Waals surface area contributed by atoms with Crippen molar-refractivity contribution in [1.82, 2.24) is 4.98 Å². The number of benzene rings is 1. The fraction of sp³-hybridized carbons (Fsp3) is 0.780. The van der Waals surface area contributed by atoms with Gasteiger partial charge in [-0.1, -0.05) is 205 Å². The van der Waals surface area contributed by atoms with Crippen molar-refractivity contribution >= 4 is 0 Å². The van der Waals surface area contributed by atoms with Gasteiger partial charge in [0.05, 0.1) is 5.92 Å². The van der Waals surface area contributed by atoms with Gasteiger partial charge in [0.15, 0.2) is 0 Å². The maximum absolute atomic E-state index is 3.66. The summed E-state index contributed by atoms with van der Waals surface area (Å²) in [6.07, 6.45) is 45.7. The zero-order valence-electron chi connectivity index (χ0n) is 29.1. The molecule has 43 heavy (non-hydrogen) atoms. The first-order chi connectivity index (χ1) is 21.4. The molecular formula is C41H73N2+. The Kier molecular flexibility index (Phi) is 24.4. The van der Waals surface area contributed by atoms with Crippen LogP contribution in [0.3, 0.4) is 0 Å². The minimum Gasteiger partial charge on any atom is -0.247 e. The van der Waals surface area contributed by atoms with Gasteiger partial charge in [0.25, 0.3) is 5.82 Å². The summed E-state index contributed by atoms with van der Waals surface area (Å²) in [5.41, 5.74) is 1.29. The molecule has 246 valence electrons. The number of para-hydroxylation sites is 1. The Morgan fingerprint density at radius 1 is 0.465 bits per heavy atom. The fourth-order valence-electron chi connectivity index (χ4n) is 6.89. The molecule has 2 heteroatoms. The van der Waals surface area contributed by atoms with E-state index in [-0.39, 0.29) is 0 Å². The number of aromatic nitrogens is 2. The highest BCUT2D eigenvalue weighted by Gasteiger charge is 2.23. The number of nitrogens with zero attached hydrogens (tertiary/aromatic N) is 1. The van der Waals surface area contributed by atoms with Crippen LogP contribution in [-0.4, -0.2) is 4.98 Å². The van der Waals surface area contributed by atoms with E-state index in [0.717, 1.165) is 0 Å². The molecule has 0 aliphatic carbocycles. The first kappa shape index (κ1) is 37.6. The average molecular weight is 594 g/mol. The number of aromatic amines is 1. The molecule has 0 aliphatic heterocycles. The third kappa shape index (κ3) is 19.4. The Labute approximate surface area is 269 Å². The van der Waals surface area contributed by atoms with Crippen LogP contribution < -0.4 is 4.57 Å². The van der Waals surface area contributed by atoms with E-state index in [1.807, 2.05) is 0 Å². The number of imidazole rings is 1. The fourth-order valence-corrected chi connectivity index (χ4v) is 6.89. The summed E-state index contributed by atoms with van der Waals surface area (Å²) in [6, 6.07) is 10.9. The first-order valence-electron chi connectivity index (χ1n) is 19.5. The van der Waals surface area contributed by atoms with Crippen LogP contribution in [0.4, 0.5) is 0 Å². The van der Waals surface area contributed by atoms with E-state index in [1.165, 1.54) is 198 Å². The van der Waals surface area contributed by atoms with Crippen LogP contribution in [0.2, 0.25) is 0 Å². The minimum atomic E-state index is 0.639. The lowest BCUT2D eigenvalue weighted by atomic mass is 9.93. The molecule has 0 saturated heterocycles. The second kappa shape index (κ2) is 27.9. The number of H-pyrrole nitrogens is 1. The van der Waals surface area contributed by atoms with Crippen molar-refractivity contribution in [1.29, 1.82) is 0 Å². The quantitative estimate of drug-likeness (QED) is 0.0662. The smallest absolute Gasteiger partial charge is 0.247 e. The second-order valence-corrected chi connectivity index (χ2v) is 13.7. The van der Waals surface area contributed by atoms with Gasteiger partial charge in [0.2, 0.25) is 0 Å². The summed E-state index contributed by atoms with van der Waals surface area (Å²) in [5.74, 6) is 2.06. The normalized spacial score (nSPS) is 12.2. The van der Waals surface area contributed by atoms with Crippen LogP contribution in [0.1, 0.15) is 212 Å². The third-order valence-electron chi connectivity index (χ3n) is 9.70.